The van der Waals surface area contributed by atoms with E-state index in [0.717, 1.165) is 16.6 Å². The van der Waals surface area contributed by atoms with Crippen LogP contribution in [0.3, 0.4) is 0 Å². The van der Waals surface area contributed by atoms with Gasteiger partial charge in [-0.3, -0.25) is 4.99 Å². The number of benzene rings is 2. The van der Waals surface area contributed by atoms with Crippen LogP contribution in [0, 0.1) is 0 Å². The number of quaternary nitrogens is 1. The molecule has 1 saturated heterocycles. The highest BCUT2D eigenvalue weighted by molar-refractivity contribution is 9.10. The van der Waals surface area contributed by atoms with E-state index >= 15 is 0 Å². The van der Waals surface area contributed by atoms with Gasteiger partial charge in [0.05, 0.1) is 19.6 Å². The summed E-state index contributed by atoms with van der Waals surface area (Å²) < 4.78 is 0.946. The fraction of sp³-hybridized carbons (Fsp3) is 0.316. The average Bonchev–Trinajstić information content (AvgIpc) is 3.09. The summed E-state index contributed by atoms with van der Waals surface area (Å²) in [5.74, 6) is 0.265. The number of rotatable bonds is 5. The molecule has 3 nitrogen and oxygen atoms in total. The second kappa shape index (κ2) is 7.75. The van der Waals surface area contributed by atoms with Crippen LogP contribution in [0.15, 0.2) is 58.0 Å². The van der Waals surface area contributed by atoms with Crippen LogP contribution in [0.5, 0.6) is 5.75 Å². The Labute approximate surface area is 145 Å². The zero-order valence-electron chi connectivity index (χ0n) is 13.1. The van der Waals surface area contributed by atoms with Crippen molar-refractivity contribution in [3.8, 4) is 5.75 Å². The second-order valence-electron chi connectivity index (χ2n) is 6.03. The number of hydrogen-bond acceptors (Lipinski definition) is 2. The van der Waals surface area contributed by atoms with Gasteiger partial charge >= 0.3 is 0 Å². The van der Waals surface area contributed by atoms with Crippen LogP contribution in [0.4, 0.5) is 0 Å². The van der Waals surface area contributed by atoms with Gasteiger partial charge in [0.2, 0.25) is 0 Å². The van der Waals surface area contributed by atoms with Gasteiger partial charge in [-0.2, -0.15) is 0 Å². The first kappa shape index (κ1) is 16.2. The molecule has 0 aliphatic carbocycles. The number of phenols is 1. The first-order valence-electron chi connectivity index (χ1n) is 8.12. The Hall–Kier alpha value is -1.65. The van der Waals surface area contributed by atoms with Crippen molar-refractivity contribution in [1.29, 1.82) is 0 Å². The molecule has 120 valence electrons. The van der Waals surface area contributed by atoms with Gasteiger partial charge in [-0.05, 0) is 18.2 Å². The molecule has 1 heterocycles. The zero-order valence-corrected chi connectivity index (χ0v) is 14.7. The Morgan fingerprint density at radius 3 is 2.61 bits per heavy atom. The number of aliphatic imine (C=N–C) groups is 1. The molecule has 0 amide bonds. The molecule has 0 aromatic heterocycles. The highest BCUT2D eigenvalue weighted by Crippen LogP contribution is 2.20. The summed E-state index contributed by atoms with van der Waals surface area (Å²) in [7, 11) is 0. The summed E-state index contributed by atoms with van der Waals surface area (Å²) in [5.41, 5.74) is 2.10. The SMILES string of the molecule is Oc1ccc(Br)cc1C=NC[C@@H](c1ccccc1)[NH+]1CCCC1. The van der Waals surface area contributed by atoms with Gasteiger partial charge in [-0.15, -0.1) is 0 Å². The highest BCUT2D eigenvalue weighted by atomic mass is 79.9. The maximum atomic E-state index is 9.91. The number of likely N-dealkylation sites (tertiary alicyclic amines) is 1. The molecule has 0 saturated carbocycles. The van der Waals surface area contributed by atoms with Crippen molar-refractivity contribution in [2.24, 2.45) is 4.99 Å². The molecule has 1 atom stereocenters. The predicted molar refractivity (Wildman–Crippen MR) is 97.4 cm³/mol. The molecular weight excluding hydrogens is 352 g/mol. The second-order valence-corrected chi connectivity index (χ2v) is 6.94. The van der Waals surface area contributed by atoms with Crippen molar-refractivity contribution in [2.45, 2.75) is 18.9 Å². The number of aromatic hydroxyl groups is 1. The summed E-state index contributed by atoms with van der Waals surface area (Å²) in [6, 6.07) is 16.4. The van der Waals surface area contributed by atoms with Crippen LogP contribution >= 0.6 is 15.9 Å². The van der Waals surface area contributed by atoms with Crippen LogP contribution in [0.1, 0.15) is 30.0 Å². The fourth-order valence-corrected chi connectivity index (χ4v) is 3.60. The number of nitrogens with one attached hydrogen (secondary N) is 1. The minimum Gasteiger partial charge on any atom is -0.507 e. The normalized spacial score (nSPS) is 16.9. The quantitative estimate of drug-likeness (QED) is 0.776. The maximum absolute atomic E-state index is 9.91. The standard InChI is InChI=1S/C19H21BrN2O/c20-17-8-9-19(23)16(12-17)13-21-14-18(22-10-4-5-11-22)15-6-2-1-3-7-15/h1-3,6-9,12-13,18,23H,4-5,10-11,14H2/p+1/t18-/m0/s1. The van der Waals surface area contributed by atoms with E-state index in [9.17, 15) is 5.11 Å². The van der Waals surface area contributed by atoms with Crippen molar-refractivity contribution in [1.82, 2.24) is 0 Å². The van der Waals surface area contributed by atoms with E-state index < -0.39 is 0 Å². The summed E-state index contributed by atoms with van der Waals surface area (Å²) in [4.78, 5) is 6.26. The summed E-state index contributed by atoms with van der Waals surface area (Å²) in [6.45, 7) is 3.18. The van der Waals surface area contributed by atoms with Crippen LogP contribution in [-0.2, 0) is 0 Å². The van der Waals surface area contributed by atoms with E-state index in [1.165, 1.54) is 31.5 Å². The highest BCUT2D eigenvalue weighted by Gasteiger charge is 2.26. The Balaban J connectivity index is 1.76. The Kier molecular flexibility index (Phi) is 5.47. The zero-order chi connectivity index (χ0) is 16.1. The predicted octanol–water partition coefficient (Wildman–Crippen LogP) is 2.99. The lowest BCUT2D eigenvalue weighted by Crippen LogP contribution is -3.10. The third-order valence-electron chi connectivity index (χ3n) is 4.45. The van der Waals surface area contributed by atoms with Crippen molar-refractivity contribution >= 4 is 22.1 Å². The Bertz CT molecular complexity index is 666. The number of phenolic OH excluding ortho intramolecular Hbond substituents is 1. The van der Waals surface area contributed by atoms with E-state index in [1.54, 1.807) is 17.2 Å². The van der Waals surface area contributed by atoms with Crippen molar-refractivity contribution in [3.05, 3.63) is 64.1 Å². The molecule has 0 radical (unpaired) electrons. The van der Waals surface area contributed by atoms with E-state index in [-0.39, 0.29) is 5.75 Å². The van der Waals surface area contributed by atoms with Crippen molar-refractivity contribution in [2.75, 3.05) is 19.6 Å². The molecule has 2 aromatic rings. The van der Waals surface area contributed by atoms with E-state index in [0.29, 0.717) is 6.04 Å². The molecule has 3 rings (SSSR count). The van der Waals surface area contributed by atoms with Crippen molar-refractivity contribution in [3.63, 3.8) is 0 Å². The van der Waals surface area contributed by atoms with E-state index in [1.807, 2.05) is 12.1 Å². The molecule has 1 fully saturated rings. The third-order valence-corrected chi connectivity index (χ3v) is 4.94. The smallest absolute Gasteiger partial charge is 0.133 e. The van der Waals surface area contributed by atoms with Gasteiger partial charge < -0.3 is 10.0 Å². The molecule has 0 spiro atoms. The lowest BCUT2D eigenvalue weighted by molar-refractivity contribution is -0.918. The van der Waals surface area contributed by atoms with E-state index in [4.69, 9.17) is 0 Å². The Morgan fingerprint density at radius 2 is 1.87 bits per heavy atom. The summed E-state index contributed by atoms with van der Waals surface area (Å²) in [6.07, 6.45) is 4.38. The fourth-order valence-electron chi connectivity index (χ4n) is 3.22. The van der Waals surface area contributed by atoms with Crippen LogP contribution < -0.4 is 4.90 Å². The lowest BCUT2D eigenvalue weighted by atomic mass is 10.1. The maximum Gasteiger partial charge on any atom is 0.133 e. The molecule has 0 unspecified atom stereocenters. The largest absolute Gasteiger partial charge is 0.507 e. The third kappa shape index (κ3) is 4.21. The molecule has 2 aromatic carbocycles. The number of hydrogen-bond donors (Lipinski definition) is 2. The number of nitrogens with zero attached hydrogens (tertiary/aromatic N) is 1. The first-order chi connectivity index (χ1) is 11.2. The van der Waals surface area contributed by atoms with Crippen LogP contribution in [-0.4, -0.2) is 31.0 Å². The van der Waals surface area contributed by atoms with Crippen LogP contribution in [0.2, 0.25) is 0 Å². The molecular formula is C19H22BrN2O+. The lowest BCUT2D eigenvalue weighted by Gasteiger charge is -2.23. The van der Waals surface area contributed by atoms with Gasteiger partial charge in [-0.1, -0.05) is 46.3 Å². The van der Waals surface area contributed by atoms with E-state index in [2.05, 4.69) is 51.3 Å². The van der Waals surface area contributed by atoms with Gasteiger partial charge in [0, 0.05) is 34.7 Å². The molecule has 1 aliphatic heterocycles. The molecule has 2 N–H and O–H groups in total. The van der Waals surface area contributed by atoms with Gasteiger partial charge in [0.25, 0.3) is 0 Å². The van der Waals surface area contributed by atoms with Gasteiger partial charge in [0.1, 0.15) is 11.8 Å². The summed E-state index contributed by atoms with van der Waals surface area (Å²) >= 11 is 3.43. The number of halogens is 1. The molecule has 0 bridgehead atoms. The Morgan fingerprint density at radius 1 is 1.13 bits per heavy atom. The van der Waals surface area contributed by atoms with Gasteiger partial charge in [0.15, 0.2) is 0 Å². The minimum absolute atomic E-state index is 0.265. The van der Waals surface area contributed by atoms with Crippen LogP contribution in [0.25, 0.3) is 0 Å². The molecule has 4 heteroatoms. The monoisotopic (exact) mass is 373 g/mol. The topological polar surface area (TPSA) is 37.0 Å². The first-order valence-corrected chi connectivity index (χ1v) is 8.91. The molecule has 23 heavy (non-hydrogen) atoms. The molecule has 1 aliphatic rings. The average molecular weight is 374 g/mol. The van der Waals surface area contributed by atoms with Gasteiger partial charge in [-0.25, -0.2) is 0 Å². The minimum atomic E-state index is 0.265. The summed E-state index contributed by atoms with van der Waals surface area (Å²) in [5, 5.41) is 9.91. The van der Waals surface area contributed by atoms with Crippen molar-refractivity contribution < 1.29 is 10.0 Å².